The highest BCUT2D eigenvalue weighted by atomic mass is 32.2. The summed E-state index contributed by atoms with van der Waals surface area (Å²) in [5, 5.41) is 3.46. The van der Waals surface area contributed by atoms with Crippen LogP contribution in [0.5, 0.6) is 5.75 Å². The van der Waals surface area contributed by atoms with E-state index in [2.05, 4.69) is 35.3 Å². The summed E-state index contributed by atoms with van der Waals surface area (Å²) in [6.45, 7) is 2.23. The number of nitrogens with one attached hydrogen (secondary N) is 1. The molecule has 0 bridgehead atoms. The van der Waals surface area contributed by atoms with E-state index in [-0.39, 0.29) is 0 Å². The van der Waals surface area contributed by atoms with Crippen LogP contribution < -0.4 is 10.1 Å². The standard InChI is InChI=1S/C16H23NOS/c1-18-16-3-2-13(12-5-8-19-9-6-12)10-15(16)14-4-7-17-11-14/h2-3,10,12,14,17H,4-9,11H2,1H3. The van der Waals surface area contributed by atoms with Crippen molar-refractivity contribution in [3.8, 4) is 5.75 Å². The minimum Gasteiger partial charge on any atom is -0.496 e. The normalized spacial score (nSPS) is 24.6. The zero-order chi connectivity index (χ0) is 13.1. The summed E-state index contributed by atoms with van der Waals surface area (Å²) < 4.78 is 5.57. The summed E-state index contributed by atoms with van der Waals surface area (Å²) in [6, 6.07) is 6.90. The van der Waals surface area contributed by atoms with Crippen LogP contribution in [0.3, 0.4) is 0 Å². The van der Waals surface area contributed by atoms with Crippen molar-refractivity contribution >= 4 is 11.8 Å². The third-order valence-corrected chi connectivity index (χ3v) is 5.50. The van der Waals surface area contributed by atoms with Crippen molar-refractivity contribution in [2.75, 3.05) is 31.7 Å². The number of thioether (sulfide) groups is 1. The number of methoxy groups -OCH3 is 1. The Morgan fingerprint density at radius 3 is 2.68 bits per heavy atom. The fraction of sp³-hybridized carbons (Fsp3) is 0.625. The van der Waals surface area contributed by atoms with E-state index in [0.29, 0.717) is 5.92 Å². The maximum Gasteiger partial charge on any atom is 0.122 e. The monoisotopic (exact) mass is 277 g/mol. The van der Waals surface area contributed by atoms with Gasteiger partial charge in [0.1, 0.15) is 5.75 Å². The molecule has 1 unspecified atom stereocenters. The average Bonchev–Trinajstić information content (AvgIpc) is 3.01. The maximum absolute atomic E-state index is 5.57. The Balaban J connectivity index is 1.87. The average molecular weight is 277 g/mol. The number of rotatable bonds is 3. The van der Waals surface area contributed by atoms with Crippen LogP contribution >= 0.6 is 11.8 Å². The van der Waals surface area contributed by atoms with E-state index in [1.165, 1.54) is 41.9 Å². The van der Waals surface area contributed by atoms with Crippen molar-refractivity contribution in [1.82, 2.24) is 5.32 Å². The molecule has 104 valence electrons. The van der Waals surface area contributed by atoms with Crippen molar-refractivity contribution in [3.63, 3.8) is 0 Å². The highest BCUT2D eigenvalue weighted by molar-refractivity contribution is 7.99. The molecule has 0 radical (unpaired) electrons. The van der Waals surface area contributed by atoms with Gasteiger partial charge in [0.05, 0.1) is 7.11 Å². The van der Waals surface area contributed by atoms with Crippen LogP contribution in [0.15, 0.2) is 18.2 Å². The summed E-state index contributed by atoms with van der Waals surface area (Å²) in [7, 11) is 1.79. The minimum absolute atomic E-state index is 0.632. The fourth-order valence-electron chi connectivity index (χ4n) is 3.28. The SMILES string of the molecule is COc1ccc(C2CCSCC2)cc1C1CCNC1. The molecule has 2 aliphatic heterocycles. The van der Waals surface area contributed by atoms with Gasteiger partial charge < -0.3 is 10.1 Å². The molecule has 0 aliphatic carbocycles. The highest BCUT2D eigenvalue weighted by Gasteiger charge is 2.23. The van der Waals surface area contributed by atoms with Crippen LogP contribution in [0.4, 0.5) is 0 Å². The molecule has 2 nitrogen and oxygen atoms in total. The molecule has 1 N–H and O–H groups in total. The predicted molar refractivity (Wildman–Crippen MR) is 82.5 cm³/mol. The zero-order valence-electron chi connectivity index (χ0n) is 11.7. The van der Waals surface area contributed by atoms with Crippen molar-refractivity contribution in [3.05, 3.63) is 29.3 Å². The van der Waals surface area contributed by atoms with Gasteiger partial charge in [-0.3, -0.25) is 0 Å². The molecule has 2 aliphatic rings. The molecule has 0 amide bonds. The lowest BCUT2D eigenvalue weighted by atomic mass is 9.88. The molecule has 2 fully saturated rings. The van der Waals surface area contributed by atoms with Crippen LogP contribution in [0.1, 0.15) is 42.2 Å². The molecule has 0 aromatic heterocycles. The van der Waals surface area contributed by atoms with Gasteiger partial charge in [-0.15, -0.1) is 0 Å². The largest absolute Gasteiger partial charge is 0.496 e. The molecule has 3 rings (SSSR count). The summed E-state index contributed by atoms with van der Waals surface area (Å²) >= 11 is 2.10. The Kier molecular flexibility index (Phi) is 4.34. The first-order chi connectivity index (χ1) is 9.38. The third-order valence-electron chi connectivity index (χ3n) is 4.45. The second-order valence-electron chi connectivity index (χ2n) is 5.58. The summed E-state index contributed by atoms with van der Waals surface area (Å²) in [5.74, 6) is 5.10. The van der Waals surface area contributed by atoms with Gasteiger partial charge in [0.15, 0.2) is 0 Å². The molecule has 19 heavy (non-hydrogen) atoms. The molecule has 2 saturated heterocycles. The van der Waals surface area contributed by atoms with Gasteiger partial charge in [0.2, 0.25) is 0 Å². The third kappa shape index (κ3) is 2.92. The summed E-state index contributed by atoms with van der Waals surface area (Å²) in [6.07, 6.45) is 3.90. The first-order valence-electron chi connectivity index (χ1n) is 7.35. The van der Waals surface area contributed by atoms with Crippen LogP contribution in [-0.2, 0) is 0 Å². The van der Waals surface area contributed by atoms with Crippen molar-refractivity contribution in [2.45, 2.75) is 31.1 Å². The Morgan fingerprint density at radius 1 is 1.16 bits per heavy atom. The van der Waals surface area contributed by atoms with Gasteiger partial charge in [-0.05, 0) is 60.4 Å². The molecule has 1 aromatic carbocycles. The second kappa shape index (κ2) is 6.19. The van der Waals surface area contributed by atoms with E-state index < -0.39 is 0 Å². The van der Waals surface area contributed by atoms with E-state index in [4.69, 9.17) is 4.74 Å². The topological polar surface area (TPSA) is 21.3 Å². The predicted octanol–water partition coefficient (Wildman–Crippen LogP) is 3.38. The molecule has 1 atom stereocenters. The first kappa shape index (κ1) is 13.3. The molecule has 1 aromatic rings. The summed E-state index contributed by atoms with van der Waals surface area (Å²) in [5.41, 5.74) is 2.95. The van der Waals surface area contributed by atoms with E-state index in [9.17, 15) is 0 Å². The Labute approximate surface area is 120 Å². The van der Waals surface area contributed by atoms with Gasteiger partial charge >= 0.3 is 0 Å². The second-order valence-corrected chi connectivity index (χ2v) is 6.80. The van der Waals surface area contributed by atoms with Gasteiger partial charge in [-0.25, -0.2) is 0 Å². The van der Waals surface area contributed by atoms with E-state index in [1.54, 1.807) is 7.11 Å². The first-order valence-corrected chi connectivity index (χ1v) is 8.50. The van der Waals surface area contributed by atoms with Crippen molar-refractivity contribution < 1.29 is 4.74 Å². The Hall–Kier alpha value is -0.670. The van der Waals surface area contributed by atoms with Crippen LogP contribution in [-0.4, -0.2) is 31.7 Å². The minimum atomic E-state index is 0.632. The summed E-state index contributed by atoms with van der Waals surface area (Å²) in [4.78, 5) is 0. The zero-order valence-corrected chi connectivity index (χ0v) is 12.5. The lowest BCUT2D eigenvalue weighted by Gasteiger charge is -2.24. The van der Waals surface area contributed by atoms with Crippen molar-refractivity contribution in [2.24, 2.45) is 0 Å². The van der Waals surface area contributed by atoms with E-state index in [0.717, 1.165) is 24.8 Å². The van der Waals surface area contributed by atoms with Crippen LogP contribution in [0.2, 0.25) is 0 Å². The van der Waals surface area contributed by atoms with Crippen molar-refractivity contribution in [1.29, 1.82) is 0 Å². The lowest BCUT2D eigenvalue weighted by molar-refractivity contribution is 0.406. The molecular weight excluding hydrogens is 254 g/mol. The fourth-order valence-corrected chi connectivity index (χ4v) is 4.38. The number of hydrogen-bond acceptors (Lipinski definition) is 3. The Bertz CT molecular complexity index is 423. The smallest absolute Gasteiger partial charge is 0.122 e. The number of hydrogen-bond donors (Lipinski definition) is 1. The lowest BCUT2D eigenvalue weighted by Crippen LogP contribution is -2.11. The van der Waals surface area contributed by atoms with E-state index >= 15 is 0 Å². The quantitative estimate of drug-likeness (QED) is 0.915. The van der Waals surface area contributed by atoms with Crippen LogP contribution in [0, 0.1) is 0 Å². The number of ether oxygens (including phenoxy) is 1. The molecule has 0 spiro atoms. The van der Waals surface area contributed by atoms with E-state index in [1.807, 2.05) is 0 Å². The Morgan fingerprint density at radius 2 is 2.00 bits per heavy atom. The van der Waals surface area contributed by atoms with Crippen LogP contribution in [0.25, 0.3) is 0 Å². The van der Waals surface area contributed by atoms with Gasteiger partial charge in [0.25, 0.3) is 0 Å². The highest BCUT2D eigenvalue weighted by Crippen LogP contribution is 2.37. The van der Waals surface area contributed by atoms with Gasteiger partial charge in [0, 0.05) is 12.5 Å². The molecule has 3 heteroatoms. The number of benzene rings is 1. The molecule has 0 saturated carbocycles. The molecule has 2 heterocycles. The molecular formula is C16H23NOS. The van der Waals surface area contributed by atoms with Gasteiger partial charge in [-0.1, -0.05) is 12.1 Å². The maximum atomic E-state index is 5.57. The van der Waals surface area contributed by atoms with Gasteiger partial charge in [-0.2, -0.15) is 11.8 Å².